The van der Waals surface area contributed by atoms with Gasteiger partial charge in [-0.15, -0.1) is 0 Å². The molecular formula is C15H23NO6. The third kappa shape index (κ3) is 5.46. The van der Waals surface area contributed by atoms with Gasteiger partial charge in [-0.2, -0.15) is 0 Å². The molecule has 0 heterocycles. The first-order chi connectivity index (χ1) is 10.1. The Bertz CT molecular complexity index is 465. The Morgan fingerprint density at radius 3 is 2.45 bits per heavy atom. The SMILES string of the molecule is CCOC(=O)C(=O)C1CC(NC(=O)OC(C)(C)C)CCC1=O. The van der Waals surface area contributed by atoms with Gasteiger partial charge in [0.25, 0.3) is 5.78 Å². The number of hydrogen-bond acceptors (Lipinski definition) is 6. The molecule has 0 aliphatic heterocycles. The Labute approximate surface area is 129 Å². The second-order valence-corrected chi connectivity index (χ2v) is 6.22. The average Bonchev–Trinajstić information content (AvgIpc) is 2.38. The first kappa shape index (κ1) is 18.1. The fourth-order valence-electron chi connectivity index (χ4n) is 2.23. The molecule has 1 rings (SSSR count). The molecule has 0 aromatic rings. The van der Waals surface area contributed by atoms with Crippen LogP contribution < -0.4 is 5.32 Å². The summed E-state index contributed by atoms with van der Waals surface area (Å²) >= 11 is 0. The van der Waals surface area contributed by atoms with E-state index in [0.717, 1.165) is 0 Å². The van der Waals surface area contributed by atoms with Gasteiger partial charge in [0.15, 0.2) is 0 Å². The largest absolute Gasteiger partial charge is 0.460 e. The van der Waals surface area contributed by atoms with Gasteiger partial charge in [-0.25, -0.2) is 9.59 Å². The van der Waals surface area contributed by atoms with Crippen LogP contribution in [-0.2, 0) is 23.9 Å². The average molecular weight is 313 g/mol. The molecule has 124 valence electrons. The van der Waals surface area contributed by atoms with E-state index >= 15 is 0 Å². The molecule has 1 N–H and O–H groups in total. The van der Waals surface area contributed by atoms with Crippen molar-refractivity contribution in [3.63, 3.8) is 0 Å². The van der Waals surface area contributed by atoms with E-state index in [1.165, 1.54) is 0 Å². The molecule has 1 amide bonds. The third-order valence-electron chi connectivity index (χ3n) is 3.16. The van der Waals surface area contributed by atoms with Gasteiger partial charge in [-0.05, 0) is 40.5 Å². The molecule has 0 saturated heterocycles. The number of amides is 1. The molecular weight excluding hydrogens is 290 g/mol. The zero-order valence-electron chi connectivity index (χ0n) is 13.4. The highest BCUT2D eigenvalue weighted by atomic mass is 16.6. The predicted molar refractivity (Wildman–Crippen MR) is 77.1 cm³/mol. The van der Waals surface area contributed by atoms with Crippen LogP contribution in [0.25, 0.3) is 0 Å². The maximum Gasteiger partial charge on any atom is 0.407 e. The molecule has 0 spiro atoms. The molecule has 7 heteroatoms. The van der Waals surface area contributed by atoms with Gasteiger partial charge in [0, 0.05) is 12.5 Å². The monoisotopic (exact) mass is 313 g/mol. The Kier molecular flexibility index (Phi) is 6.08. The summed E-state index contributed by atoms with van der Waals surface area (Å²) in [6, 6.07) is -0.379. The van der Waals surface area contributed by atoms with Crippen LogP contribution in [0.3, 0.4) is 0 Å². The van der Waals surface area contributed by atoms with Crippen LogP contribution in [0.5, 0.6) is 0 Å². The van der Waals surface area contributed by atoms with Crippen molar-refractivity contribution in [2.45, 2.75) is 58.6 Å². The van der Waals surface area contributed by atoms with Crippen LogP contribution in [0.1, 0.15) is 47.0 Å². The number of ketones is 2. The fraction of sp³-hybridized carbons (Fsp3) is 0.733. The summed E-state index contributed by atoms with van der Waals surface area (Å²) in [5, 5.41) is 2.63. The summed E-state index contributed by atoms with van der Waals surface area (Å²) in [6.45, 7) is 6.88. The molecule has 0 radical (unpaired) electrons. The molecule has 7 nitrogen and oxygen atoms in total. The van der Waals surface area contributed by atoms with Crippen LogP contribution in [0.2, 0.25) is 0 Å². The van der Waals surface area contributed by atoms with Gasteiger partial charge >= 0.3 is 12.1 Å². The van der Waals surface area contributed by atoms with Crippen molar-refractivity contribution >= 4 is 23.6 Å². The normalized spacial score (nSPS) is 21.9. The maximum absolute atomic E-state index is 11.9. The van der Waals surface area contributed by atoms with Crippen molar-refractivity contribution in [3.8, 4) is 0 Å². The van der Waals surface area contributed by atoms with Gasteiger partial charge in [-0.1, -0.05) is 0 Å². The zero-order valence-corrected chi connectivity index (χ0v) is 13.4. The van der Waals surface area contributed by atoms with Crippen LogP contribution in [0.4, 0.5) is 4.79 Å². The zero-order chi connectivity index (χ0) is 16.9. The maximum atomic E-state index is 11.9. The number of hydrogen-bond donors (Lipinski definition) is 1. The first-order valence-electron chi connectivity index (χ1n) is 7.37. The summed E-state index contributed by atoms with van der Waals surface area (Å²) in [7, 11) is 0. The number of rotatable bonds is 4. The van der Waals surface area contributed by atoms with E-state index in [-0.39, 0.29) is 31.3 Å². The van der Waals surface area contributed by atoms with E-state index in [4.69, 9.17) is 4.74 Å². The smallest absolute Gasteiger partial charge is 0.407 e. The predicted octanol–water partition coefficient (Wildman–Crippen LogP) is 1.38. The van der Waals surface area contributed by atoms with Crippen molar-refractivity contribution in [1.29, 1.82) is 0 Å². The summed E-state index contributed by atoms with van der Waals surface area (Å²) in [6.07, 6.45) is 0.0469. The van der Waals surface area contributed by atoms with Crippen LogP contribution in [-0.4, -0.2) is 41.9 Å². The van der Waals surface area contributed by atoms with E-state index in [0.29, 0.717) is 6.42 Å². The molecule has 0 aromatic heterocycles. The van der Waals surface area contributed by atoms with Gasteiger partial charge in [0.05, 0.1) is 12.5 Å². The highest BCUT2D eigenvalue weighted by molar-refractivity contribution is 6.38. The Morgan fingerprint density at radius 2 is 1.91 bits per heavy atom. The second-order valence-electron chi connectivity index (χ2n) is 6.22. The number of carbonyl (C=O) groups is 4. The van der Waals surface area contributed by atoms with E-state index in [1.807, 2.05) is 0 Å². The molecule has 2 unspecified atom stereocenters. The highest BCUT2D eigenvalue weighted by Gasteiger charge is 2.38. The quantitative estimate of drug-likeness (QED) is 0.478. The van der Waals surface area contributed by atoms with Gasteiger partial charge < -0.3 is 14.8 Å². The Morgan fingerprint density at radius 1 is 1.27 bits per heavy atom. The summed E-state index contributed by atoms with van der Waals surface area (Å²) in [4.78, 5) is 46.9. The summed E-state index contributed by atoms with van der Waals surface area (Å²) in [5.41, 5.74) is -0.630. The van der Waals surface area contributed by atoms with E-state index in [2.05, 4.69) is 10.1 Å². The lowest BCUT2D eigenvalue weighted by Crippen LogP contribution is -2.46. The molecule has 1 fully saturated rings. The van der Waals surface area contributed by atoms with Crippen molar-refractivity contribution < 1.29 is 28.7 Å². The van der Waals surface area contributed by atoms with E-state index in [9.17, 15) is 19.2 Å². The number of carbonyl (C=O) groups excluding carboxylic acids is 4. The minimum Gasteiger partial charge on any atom is -0.460 e. The fourth-order valence-corrected chi connectivity index (χ4v) is 2.23. The minimum absolute atomic E-state index is 0.0745. The number of ether oxygens (including phenoxy) is 2. The first-order valence-corrected chi connectivity index (χ1v) is 7.37. The molecule has 22 heavy (non-hydrogen) atoms. The van der Waals surface area contributed by atoms with Gasteiger partial charge in [0.2, 0.25) is 0 Å². The summed E-state index contributed by atoms with van der Waals surface area (Å²) in [5.74, 6) is -3.19. The van der Waals surface area contributed by atoms with E-state index in [1.54, 1.807) is 27.7 Å². The second kappa shape index (κ2) is 7.38. The number of alkyl carbamates (subject to hydrolysis) is 1. The molecule has 0 bridgehead atoms. The summed E-state index contributed by atoms with van der Waals surface area (Å²) < 4.78 is 9.77. The van der Waals surface area contributed by atoms with Crippen LogP contribution in [0.15, 0.2) is 0 Å². The van der Waals surface area contributed by atoms with Crippen LogP contribution in [0, 0.1) is 5.92 Å². The number of nitrogens with one attached hydrogen (secondary N) is 1. The Balaban J connectivity index is 2.63. The standard InChI is InChI=1S/C15H23NO6/c1-5-21-13(19)12(18)10-8-9(6-7-11(10)17)16-14(20)22-15(2,3)4/h9-10H,5-8H2,1-4H3,(H,16,20). The lowest BCUT2D eigenvalue weighted by atomic mass is 9.82. The molecule has 2 atom stereocenters. The van der Waals surface area contributed by atoms with Crippen LogP contribution >= 0.6 is 0 Å². The van der Waals surface area contributed by atoms with Crippen molar-refractivity contribution in [2.75, 3.05) is 6.61 Å². The molecule has 1 aliphatic carbocycles. The van der Waals surface area contributed by atoms with Crippen molar-refractivity contribution in [2.24, 2.45) is 5.92 Å². The lowest BCUT2D eigenvalue weighted by Gasteiger charge is -2.28. The third-order valence-corrected chi connectivity index (χ3v) is 3.16. The molecule has 0 aromatic carbocycles. The minimum atomic E-state index is -1.05. The van der Waals surface area contributed by atoms with Gasteiger partial charge in [0.1, 0.15) is 11.4 Å². The number of esters is 1. The van der Waals surface area contributed by atoms with Crippen molar-refractivity contribution in [1.82, 2.24) is 5.32 Å². The Hall–Kier alpha value is -1.92. The molecule has 1 aliphatic rings. The van der Waals surface area contributed by atoms with Crippen molar-refractivity contribution in [3.05, 3.63) is 0 Å². The topological polar surface area (TPSA) is 98.8 Å². The number of Topliss-reactive ketones (excluding diaryl/α,β-unsaturated/α-hetero) is 2. The van der Waals surface area contributed by atoms with Gasteiger partial charge in [-0.3, -0.25) is 9.59 Å². The molecule has 1 saturated carbocycles. The van der Waals surface area contributed by atoms with E-state index < -0.39 is 29.4 Å². The lowest BCUT2D eigenvalue weighted by molar-refractivity contribution is -0.157. The highest BCUT2D eigenvalue weighted by Crippen LogP contribution is 2.23.